The topological polar surface area (TPSA) is 43.6 Å². The molecular formula is C48H32N4. The Bertz CT molecular complexity index is 2860. The van der Waals surface area contributed by atoms with Gasteiger partial charge in [0.25, 0.3) is 0 Å². The molecule has 0 bridgehead atoms. The van der Waals surface area contributed by atoms with E-state index < -0.39 is 0 Å². The smallest absolute Gasteiger partial charge is 0.238 e. The summed E-state index contributed by atoms with van der Waals surface area (Å²) in [6.45, 7) is 0. The third-order valence-electron chi connectivity index (χ3n) is 10.1. The second-order valence-electron chi connectivity index (χ2n) is 13.3. The van der Waals surface area contributed by atoms with Crippen LogP contribution in [0.15, 0.2) is 182 Å². The van der Waals surface area contributed by atoms with Gasteiger partial charge >= 0.3 is 0 Å². The minimum absolute atomic E-state index is 0.593. The fraction of sp³-hybridized carbons (Fsp3) is 0.0208. The molecule has 0 radical (unpaired) electrons. The molecule has 4 nitrogen and oxygen atoms in total. The number of para-hydroxylation sites is 1. The fourth-order valence-corrected chi connectivity index (χ4v) is 7.59. The van der Waals surface area contributed by atoms with E-state index in [9.17, 15) is 0 Å². The summed E-state index contributed by atoms with van der Waals surface area (Å²) in [4.78, 5) is 15.1. The molecule has 8 aromatic carbocycles. The van der Waals surface area contributed by atoms with Crippen LogP contribution in [0, 0.1) is 0 Å². The van der Waals surface area contributed by atoms with Crippen molar-refractivity contribution in [2.45, 2.75) is 6.42 Å². The maximum absolute atomic E-state index is 5.09. The molecule has 2 heterocycles. The number of aromatic nitrogens is 4. The fourth-order valence-electron chi connectivity index (χ4n) is 7.59. The zero-order valence-electron chi connectivity index (χ0n) is 28.3. The van der Waals surface area contributed by atoms with Gasteiger partial charge in [0.2, 0.25) is 5.95 Å². The number of fused-ring (bicyclic) bond motifs is 6. The summed E-state index contributed by atoms with van der Waals surface area (Å²) in [5.41, 5.74) is 9.01. The van der Waals surface area contributed by atoms with Crippen LogP contribution >= 0.6 is 0 Å². The highest BCUT2D eigenvalue weighted by molar-refractivity contribution is 6.12. The lowest BCUT2D eigenvalue weighted by Gasteiger charge is -2.13. The number of hydrogen-bond donors (Lipinski definition) is 0. The van der Waals surface area contributed by atoms with Crippen molar-refractivity contribution < 1.29 is 0 Å². The summed E-state index contributed by atoms with van der Waals surface area (Å²) in [5, 5.41) is 7.41. The lowest BCUT2D eigenvalue weighted by Crippen LogP contribution is -2.06. The average Bonchev–Trinajstić information content (AvgIpc) is 3.55. The highest BCUT2D eigenvalue weighted by Crippen LogP contribution is 2.37. The number of hydrogen-bond acceptors (Lipinski definition) is 3. The molecule has 0 aliphatic carbocycles. The minimum atomic E-state index is 0.593. The second kappa shape index (κ2) is 12.4. The lowest BCUT2D eigenvalue weighted by molar-refractivity contribution is 0.953. The molecule has 0 saturated carbocycles. The number of rotatable bonds is 6. The summed E-state index contributed by atoms with van der Waals surface area (Å²) in [6, 6.07) is 64.3. The third kappa shape index (κ3) is 5.21. The number of nitrogens with zero attached hydrogens (tertiary/aromatic N) is 4. The van der Waals surface area contributed by atoms with Crippen LogP contribution in [0.3, 0.4) is 0 Å². The Morgan fingerprint density at radius 2 is 0.904 bits per heavy atom. The Kier molecular flexibility index (Phi) is 7.17. The first-order chi connectivity index (χ1) is 25.8. The van der Waals surface area contributed by atoms with Gasteiger partial charge < -0.3 is 0 Å². The molecule has 0 amide bonds. The summed E-state index contributed by atoms with van der Waals surface area (Å²) in [7, 11) is 0. The zero-order valence-corrected chi connectivity index (χ0v) is 28.3. The maximum Gasteiger partial charge on any atom is 0.238 e. The van der Waals surface area contributed by atoms with E-state index in [1.165, 1.54) is 43.8 Å². The normalized spacial score (nSPS) is 11.5. The van der Waals surface area contributed by atoms with Gasteiger partial charge in [-0.15, -0.1) is 0 Å². The van der Waals surface area contributed by atoms with Crippen molar-refractivity contribution in [2.24, 2.45) is 0 Å². The van der Waals surface area contributed by atoms with Crippen LogP contribution in [-0.2, 0) is 6.42 Å². The van der Waals surface area contributed by atoms with Crippen LogP contribution in [0.2, 0.25) is 0 Å². The molecule has 0 unspecified atom stereocenters. The molecule has 10 aromatic rings. The predicted octanol–water partition coefficient (Wildman–Crippen LogP) is 11.9. The summed E-state index contributed by atoms with van der Waals surface area (Å²) in [5.74, 6) is 1.87. The summed E-state index contributed by atoms with van der Waals surface area (Å²) < 4.78 is 2.18. The van der Waals surface area contributed by atoms with E-state index >= 15 is 0 Å². The lowest BCUT2D eigenvalue weighted by atomic mass is 9.91. The van der Waals surface area contributed by atoms with Crippen LogP contribution in [0.1, 0.15) is 11.1 Å². The number of benzene rings is 8. The van der Waals surface area contributed by atoms with E-state index in [0.29, 0.717) is 17.6 Å². The van der Waals surface area contributed by atoms with Crippen LogP contribution in [-0.4, -0.2) is 19.5 Å². The first-order valence-electron chi connectivity index (χ1n) is 17.7. The Hall–Kier alpha value is -6.91. The molecule has 0 aliphatic rings. The molecule has 0 spiro atoms. The largest absolute Gasteiger partial charge is 0.278 e. The third-order valence-corrected chi connectivity index (χ3v) is 10.1. The van der Waals surface area contributed by atoms with Gasteiger partial charge in [0, 0.05) is 21.9 Å². The Balaban J connectivity index is 1.13. The van der Waals surface area contributed by atoms with E-state index in [1.54, 1.807) is 0 Å². The molecule has 52 heavy (non-hydrogen) atoms. The van der Waals surface area contributed by atoms with E-state index in [2.05, 4.69) is 126 Å². The van der Waals surface area contributed by atoms with Crippen molar-refractivity contribution in [2.75, 3.05) is 0 Å². The van der Waals surface area contributed by atoms with Crippen molar-refractivity contribution >= 4 is 43.4 Å². The van der Waals surface area contributed by atoms with Gasteiger partial charge in [-0.2, -0.15) is 9.97 Å². The van der Waals surface area contributed by atoms with Gasteiger partial charge in [0.1, 0.15) is 0 Å². The Morgan fingerprint density at radius 1 is 0.365 bits per heavy atom. The first kappa shape index (κ1) is 30.0. The van der Waals surface area contributed by atoms with Crippen molar-refractivity contribution in [1.29, 1.82) is 0 Å². The predicted molar refractivity (Wildman–Crippen MR) is 215 cm³/mol. The van der Waals surface area contributed by atoms with Crippen molar-refractivity contribution in [1.82, 2.24) is 19.5 Å². The summed E-state index contributed by atoms with van der Waals surface area (Å²) in [6.07, 6.45) is 0.903. The van der Waals surface area contributed by atoms with Crippen molar-refractivity contribution in [3.05, 3.63) is 193 Å². The van der Waals surface area contributed by atoms with Crippen LogP contribution in [0.25, 0.3) is 83.2 Å². The van der Waals surface area contributed by atoms with E-state index in [-0.39, 0.29) is 0 Å². The second-order valence-corrected chi connectivity index (χ2v) is 13.3. The average molecular weight is 665 g/mol. The highest BCUT2D eigenvalue weighted by atomic mass is 15.2. The molecule has 4 heteroatoms. The van der Waals surface area contributed by atoms with E-state index in [1.807, 2.05) is 60.7 Å². The van der Waals surface area contributed by atoms with Crippen LogP contribution in [0.4, 0.5) is 0 Å². The molecule has 0 saturated heterocycles. The van der Waals surface area contributed by atoms with E-state index in [4.69, 9.17) is 15.0 Å². The van der Waals surface area contributed by atoms with Crippen molar-refractivity contribution in [3.63, 3.8) is 0 Å². The molecule has 0 fully saturated rings. The van der Waals surface area contributed by atoms with Crippen LogP contribution in [0.5, 0.6) is 0 Å². The zero-order chi connectivity index (χ0) is 34.4. The Labute approximate surface area is 301 Å². The molecule has 10 rings (SSSR count). The quantitative estimate of drug-likeness (QED) is 0.166. The maximum atomic E-state index is 5.09. The molecule has 0 aliphatic heterocycles. The minimum Gasteiger partial charge on any atom is -0.278 e. The summed E-state index contributed by atoms with van der Waals surface area (Å²) >= 11 is 0. The molecule has 0 atom stereocenters. The standard InChI is InChI=1S/C48H32N4/c1-4-14-32(15-5-1)28-38-29-37-25-24-35(30-42(37)40-21-11-10-20-39(38)40)36-26-27-45-43(31-36)41-22-12-13-23-44(41)52(45)48-50-46(33-16-6-2-7-17-33)49-47(51-48)34-18-8-3-9-19-34/h1-27,29-31H,28H2. The Morgan fingerprint density at radius 3 is 1.60 bits per heavy atom. The SMILES string of the molecule is c1ccc(Cc2cc3ccc(-c4ccc5c(c4)c4ccccc4n5-c4nc(-c5ccccc5)nc(-c5ccccc5)n4)cc3c3ccccc23)cc1. The van der Waals surface area contributed by atoms with Gasteiger partial charge in [-0.3, -0.25) is 4.57 Å². The van der Waals surface area contributed by atoms with Gasteiger partial charge in [-0.1, -0.05) is 158 Å². The molecule has 244 valence electrons. The van der Waals surface area contributed by atoms with Gasteiger partial charge in [-0.05, 0) is 74.5 Å². The van der Waals surface area contributed by atoms with E-state index in [0.717, 1.165) is 39.4 Å². The van der Waals surface area contributed by atoms with Gasteiger partial charge in [0.05, 0.1) is 11.0 Å². The molecule has 0 N–H and O–H groups in total. The van der Waals surface area contributed by atoms with Gasteiger partial charge in [0.15, 0.2) is 11.6 Å². The van der Waals surface area contributed by atoms with Crippen molar-refractivity contribution in [3.8, 4) is 39.9 Å². The van der Waals surface area contributed by atoms with Gasteiger partial charge in [-0.25, -0.2) is 4.98 Å². The molecule has 2 aromatic heterocycles. The monoisotopic (exact) mass is 664 g/mol. The molecular weight excluding hydrogens is 633 g/mol. The highest BCUT2D eigenvalue weighted by Gasteiger charge is 2.18. The first-order valence-corrected chi connectivity index (χ1v) is 17.7. The van der Waals surface area contributed by atoms with Crippen LogP contribution < -0.4 is 0 Å².